The van der Waals surface area contributed by atoms with Gasteiger partial charge in [-0.05, 0) is 20.8 Å². The van der Waals surface area contributed by atoms with Crippen molar-refractivity contribution in [2.75, 3.05) is 6.54 Å². The number of amides is 1. The zero-order valence-corrected chi connectivity index (χ0v) is 10.4. The summed E-state index contributed by atoms with van der Waals surface area (Å²) in [5.74, 6) is -0.275. The predicted octanol–water partition coefficient (Wildman–Crippen LogP) is 0.522. The van der Waals surface area contributed by atoms with Gasteiger partial charge < -0.3 is 10.1 Å². The minimum atomic E-state index is -0.624. The fraction of sp³-hybridized carbons (Fsp3) is 0.600. The number of aryl methyl sites for hydroxylation is 1. The lowest BCUT2D eigenvalue weighted by Crippen LogP contribution is -2.35. The molecule has 1 N–H and O–H groups in total. The number of hydrogen-bond acceptors (Lipinski definition) is 5. The largest absolute Gasteiger partial charge is 0.444 e. The summed E-state index contributed by atoms with van der Waals surface area (Å²) in [4.78, 5) is 22.9. The number of ether oxygens (including phenoxy) is 1. The van der Waals surface area contributed by atoms with Gasteiger partial charge in [0.1, 0.15) is 11.3 Å². The zero-order chi connectivity index (χ0) is 13.1. The number of nitrogens with one attached hydrogen (secondary N) is 1. The van der Waals surface area contributed by atoms with Gasteiger partial charge in [0.15, 0.2) is 0 Å². The number of nitrogens with zero attached hydrogens (tertiary/aromatic N) is 3. The molecule has 0 atom stereocenters. The Morgan fingerprint density at radius 1 is 1.47 bits per heavy atom. The van der Waals surface area contributed by atoms with Crippen molar-refractivity contribution in [3.05, 3.63) is 11.9 Å². The van der Waals surface area contributed by atoms with Crippen LogP contribution in [0.4, 0.5) is 4.79 Å². The Bertz CT molecular complexity index is 419. The Hall–Kier alpha value is -1.92. The first-order valence-electron chi connectivity index (χ1n) is 5.14. The van der Waals surface area contributed by atoms with Gasteiger partial charge in [0.2, 0.25) is 5.78 Å². The summed E-state index contributed by atoms with van der Waals surface area (Å²) in [6.45, 7) is 5.11. The number of carbonyl (C=O) groups is 2. The van der Waals surface area contributed by atoms with Gasteiger partial charge in [-0.15, -0.1) is 5.10 Å². The van der Waals surface area contributed by atoms with Gasteiger partial charge in [-0.25, -0.2) is 9.48 Å². The predicted molar refractivity (Wildman–Crippen MR) is 59.6 cm³/mol. The molecule has 1 amide bonds. The van der Waals surface area contributed by atoms with Crippen molar-refractivity contribution in [2.45, 2.75) is 26.4 Å². The SMILES string of the molecule is Cn1nncc1C(=O)CNC(=O)OC(C)(C)C. The number of alkyl carbamates (subject to hydrolysis) is 1. The minimum absolute atomic E-state index is 0.143. The molecule has 0 radical (unpaired) electrons. The molecule has 94 valence electrons. The fourth-order valence-corrected chi connectivity index (χ4v) is 1.10. The average molecular weight is 240 g/mol. The average Bonchev–Trinajstić information content (AvgIpc) is 2.58. The molecule has 1 aromatic heterocycles. The van der Waals surface area contributed by atoms with E-state index in [2.05, 4.69) is 15.6 Å². The first kappa shape index (κ1) is 13.1. The zero-order valence-electron chi connectivity index (χ0n) is 10.4. The smallest absolute Gasteiger partial charge is 0.408 e. The Labute approximate surface area is 99.1 Å². The van der Waals surface area contributed by atoms with Crippen LogP contribution < -0.4 is 5.32 Å². The second-order valence-electron chi connectivity index (χ2n) is 4.52. The summed E-state index contributed by atoms with van der Waals surface area (Å²) in [6, 6.07) is 0. The molecule has 1 aromatic rings. The lowest BCUT2D eigenvalue weighted by Gasteiger charge is -2.19. The fourth-order valence-electron chi connectivity index (χ4n) is 1.10. The quantitative estimate of drug-likeness (QED) is 0.778. The van der Waals surface area contributed by atoms with Crippen molar-refractivity contribution in [2.24, 2.45) is 7.05 Å². The van der Waals surface area contributed by atoms with Gasteiger partial charge in [0, 0.05) is 7.05 Å². The standard InChI is InChI=1S/C10H16N4O3/c1-10(2,3)17-9(16)11-6-8(15)7-5-12-13-14(7)4/h5H,6H2,1-4H3,(H,11,16). The van der Waals surface area contributed by atoms with E-state index in [1.807, 2.05) is 0 Å². The molecule has 0 saturated carbocycles. The van der Waals surface area contributed by atoms with Crippen LogP contribution in [0.5, 0.6) is 0 Å². The Morgan fingerprint density at radius 2 is 2.12 bits per heavy atom. The second-order valence-corrected chi connectivity index (χ2v) is 4.52. The van der Waals surface area contributed by atoms with E-state index in [9.17, 15) is 9.59 Å². The van der Waals surface area contributed by atoms with Gasteiger partial charge in [-0.3, -0.25) is 4.79 Å². The molecule has 0 aliphatic carbocycles. The maximum atomic E-state index is 11.6. The molecule has 17 heavy (non-hydrogen) atoms. The summed E-state index contributed by atoms with van der Waals surface area (Å²) < 4.78 is 6.34. The van der Waals surface area contributed by atoms with E-state index in [-0.39, 0.29) is 12.3 Å². The summed E-state index contributed by atoms with van der Waals surface area (Å²) in [6.07, 6.45) is 0.722. The van der Waals surface area contributed by atoms with Gasteiger partial charge in [0.25, 0.3) is 0 Å². The topological polar surface area (TPSA) is 86.1 Å². The summed E-state index contributed by atoms with van der Waals surface area (Å²) >= 11 is 0. The Kier molecular flexibility index (Phi) is 3.82. The van der Waals surface area contributed by atoms with Crippen LogP contribution in [0, 0.1) is 0 Å². The van der Waals surface area contributed by atoms with Crippen LogP contribution >= 0.6 is 0 Å². The van der Waals surface area contributed by atoms with Crippen LogP contribution in [0.1, 0.15) is 31.3 Å². The van der Waals surface area contributed by atoms with E-state index < -0.39 is 11.7 Å². The van der Waals surface area contributed by atoms with Gasteiger partial charge >= 0.3 is 6.09 Å². The van der Waals surface area contributed by atoms with E-state index >= 15 is 0 Å². The first-order valence-corrected chi connectivity index (χ1v) is 5.14. The Morgan fingerprint density at radius 3 is 2.59 bits per heavy atom. The van der Waals surface area contributed by atoms with Crippen LogP contribution in [-0.4, -0.2) is 39.0 Å². The Balaban J connectivity index is 2.45. The van der Waals surface area contributed by atoms with E-state index in [1.54, 1.807) is 27.8 Å². The molecule has 1 rings (SSSR count). The number of ketones is 1. The number of rotatable bonds is 3. The summed E-state index contributed by atoms with van der Waals surface area (Å²) in [5, 5.41) is 9.58. The molecule has 0 spiro atoms. The summed E-state index contributed by atoms with van der Waals surface area (Å²) in [7, 11) is 1.60. The molecule has 7 nitrogen and oxygen atoms in total. The van der Waals surface area contributed by atoms with Crippen LogP contribution in [0.15, 0.2) is 6.20 Å². The monoisotopic (exact) mass is 240 g/mol. The molecule has 0 fully saturated rings. The van der Waals surface area contributed by atoms with Crippen molar-refractivity contribution >= 4 is 11.9 Å². The maximum absolute atomic E-state index is 11.6. The highest BCUT2D eigenvalue weighted by atomic mass is 16.6. The number of carbonyl (C=O) groups excluding carboxylic acids is 2. The molecular formula is C10H16N4O3. The lowest BCUT2D eigenvalue weighted by molar-refractivity contribution is 0.0520. The minimum Gasteiger partial charge on any atom is -0.444 e. The molecule has 1 heterocycles. The molecule has 0 saturated heterocycles. The van der Waals surface area contributed by atoms with E-state index in [1.165, 1.54) is 10.9 Å². The van der Waals surface area contributed by atoms with Crippen LogP contribution in [-0.2, 0) is 11.8 Å². The molecule has 0 aromatic carbocycles. The molecule has 0 aliphatic heterocycles. The third kappa shape index (κ3) is 4.21. The third-order valence-corrected chi connectivity index (χ3v) is 1.79. The normalized spacial score (nSPS) is 11.1. The lowest BCUT2D eigenvalue weighted by atomic mass is 10.2. The van der Waals surface area contributed by atoms with Crippen molar-refractivity contribution in [3.63, 3.8) is 0 Å². The number of Topliss-reactive ketones (excluding diaryl/α,β-unsaturated/α-hetero) is 1. The maximum Gasteiger partial charge on any atom is 0.408 e. The molecule has 0 bridgehead atoms. The van der Waals surface area contributed by atoms with Crippen molar-refractivity contribution in [1.82, 2.24) is 20.3 Å². The van der Waals surface area contributed by atoms with Gasteiger partial charge in [0.05, 0.1) is 12.7 Å². The first-order chi connectivity index (χ1) is 7.79. The van der Waals surface area contributed by atoms with Crippen molar-refractivity contribution < 1.29 is 14.3 Å². The van der Waals surface area contributed by atoms with Crippen LogP contribution in [0.25, 0.3) is 0 Å². The molecule has 0 aliphatic rings. The summed E-state index contributed by atoms with van der Waals surface area (Å²) in [5.41, 5.74) is -0.248. The van der Waals surface area contributed by atoms with E-state index in [0.717, 1.165) is 0 Å². The van der Waals surface area contributed by atoms with Crippen molar-refractivity contribution in [1.29, 1.82) is 0 Å². The third-order valence-electron chi connectivity index (χ3n) is 1.79. The van der Waals surface area contributed by atoms with E-state index in [4.69, 9.17) is 4.74 Å². The number of hydrogen-bond donors (Lipinski definition) is 1. The number of aromatic nitrogens is 3. The highest BCUT2D eigenvalue weighted by Gasteiger charge is 2.17. The van der Waals surface area contributed by atoms with E-state index in [0.29, 0.717) is 5.69 Å². The highest BCUT2D eigenvalue weighted by molar-refractivity contribution is 5.97. The van der Waals surface area contributed by atoms with Crippen molar-refractivity contribution in [3.8, 4) is 0 Å². The highest BCUT2D eigenvalue weighted by Crippen LogP contribution is 2.06. The van der Waals surface area contributed by atoms with Gasteiger partial charge in [-0.2, -0.15) is 0 Å². The second kappa shape index (κ2) is 4.94. The van der Waals surface area contributed by atoms with Gasteiger partial charge in [-0.1, -0.05) is 5.21 Å². The molecule has 7 heteroatoms. The molecule has 0 unspecified atom stereocenters. The molecular weight excluding hydrogens is 224 g/mol. The van der Waals surface area contributed by atoms with Crippen LogP contribution in [0.2, 0.25) is 0 Å². The van der Waals surface area contributed by atoms with Crippen LogP contribution in [0.3, 0.4) is 0 Å².